The third-order valence-electron chi connectivity index (χ3n) is 11.0. The Morgan fingerprint density at radius 2 is 1.62 bits per heavy atom. The molecule has 1 spiro atoms. The molecule has 4 heteroatoms. The number of epoxide rings is 1. The summed E-state index contributed by atoms with van der Waals surface area (Å²) in [7, 11) is 0. The molecule has 3 aliphatic carbocycles. The molecule has 3 N–H and O–H groups in total. The SMILES string of the molecule is CCCCCCCC[C@H]1CCC2[C@@]34O[C@@H]3[C@H](O)[C@@](O)(C[C@@H](O)CC)C(C)(C)C4CC[C@@]21C. The average Bonchev–Trinajstić information content (AvgIpc) is 3.37. The Labute approximate surface area is 196 Å². The normalized spacial score (nSPS) is 47.4. The number of aliphatic hydroxyl groups excluding tert-OH is 2. The van der Waals surface area contributed by atoms with Crippen LogP contribution in [0.3, 0.4) is 0 Å². The molecule has 4 rings (SSSR count). The summed E-state index contributed by atoms with van der Waals surface area (Å²) in [6.45, 7) is 11.0. The first-order chi connectivity index (χ1) is 15.1. The van der Waals surface area contributed by atoms with Crippen LogP contribution in [0.15, 0.2) is 0 Å². The van der Waals surface area contributed by atoms with Gasteiger partial charge in [0, 0.05) is 11.8 Å². The highest BCUT2D eigenvalue weighted by Gasteiger charge is 2.82. The van der Waals surface area contributed by atoms with E-state index in [0.29, 0.717) is 17.8 Å². The van der Waals surface area contributed by atoms with Gasteiger partial charge in [0.25, 0.3) is 0 Å². The van der Waals surface area contributed by atoms with Crippen molar-refractivity contribution in [2.24, 2.45) is 28.6 Å². The Hall–Kier alpha value is -0.160. The fourth-order valence-electron chi connectivity index (χ4n) is 8.80. The van der Waals surface area contributed by atoms with Crippen LogP contribution < -0.4 is 0 Å². The Morgan fingerprint density at radius 1 is 0.938 bits per heavy atom. The van der Waals surface area contributed by atoms with Crippen LogP contribution in [0.25, 0.3) is 0 Å². The second-order valence-corrected chi connectivity index (χ2v) is 12.7. The Bertz CT molecular complexity index is 664. The number of unbranched alkanes of at least 4 members (excludes halogenated alkanes) is 5. The van der Waals surface area contributed by atoms with Gasteiger partial charge in [0.2, 0.25) is 0 Å². The molecule has 4 nitrogen and oxygen atoms in total. The third kappa shape index (κ3) is 3.53. The van der Waals surface area contributed by atoms with Gasteiger partial charge in [-0.25, -0.2) is 0 Å². The van der Waals surface area contributed by atoms with Crippen LogP contribution in [0, 0.1) is 28.6 Å². The van der Waals surface area contributed by atoms with Crippen LogP contribution in [-0.2, 0) is 4.74 Å². The monoisotopic (exact) mass is 450 g/mol. The van der Waals surface area contributed by atoms with E-state index in [2.05, 4.69) is 27.7 Å². The van der Waals surface area contributed by atoms with Gasteiger partial charge in [0.05, 0.1) is 6.10 Å². The van der Waals surface area contributed by atoms with E-state index in [4.69, 9.17) is 4.74 Å². The van der Waals surface area contributed by atoms with E-state index in [0.717, 1.165) is 12.3 Å². The standard InChI is InChI=1S/C28H50O4/c1-6-8-9-10-11-12-13-19-14-15-22-26(19,5)17-16-21-25(3,4)27(31,18-20(29)7-2)23(30)24-28(21,22)32-24/h19-24,29-31H,6-18H2,1-5H3/t19-,20-,21?,22?,23-,24+,26+,27-,28+/m0/s1. The summed E-state index contributed by atoms with van der Waals surface area (Å²) in [6, 6.07) is 0. The van der Waals surface area contributed by atoms with Crippen molar-refractivity contribution in [1.29, 1.82) is 0 Å². The minimum absolute atomic E-state index is 0.229. The van der Waals surface area contributed by atoms with Gasteiger partial charge in [0.15, 0.2) is 0 Å². The zero-order valence-corrected chi connectivity index (χ0v) is 21.4. The van der Waals surface area contributed by atoms with E-state index in [1.807, 2.05) is 6.92 Å². The summed E-state index contributed by atoms with van der Waals surface area (Å²) in [5, 5.41) is 33.5. The van der Waals surface area contributed by atoms with Crippen LogP contribution in [0.2, 0.25) is 0 Å². The molecule has 0 aromatic carbocycles. The molecule has 1 saturated heterocycles. The topological polar surface area (TPSA) is 73.2 Å². The first-order valence-corrected chi connectivity index (χ1v) is 13.9. The van der Waals surface area contributed by atoms with Crippen LogP contribution >= 0.6 is 0 Å². The summed E-state index contributed by atoms with van der Waals surface area (Å²) in [5.41, 5.74) is -1.77. The minimum atomic E-state index is -1.30. The molecule has 3 saturated carbocycles. The molecule has 0 amide bonds. The molecule has 4 aliphatic rings. The summed E-state index contributed by atoms with van der Waals surface area (Å²) in [6.07, 6.45) is 13.2. The highest BCUT2D eigenvalue weighted by atomic mass is 16.6. The molecule has 1 heterocycles. The second-order valence-electron chi connectivity index (χ2n) is 12.7. The lowest BCUT2D eigenvalue weighted by Gasteiger charge is -2.60. The maximum atomic E-state index is 11.8. The summed E-state index contributed by atoms with van der Waals surface area (Å²) >= 11 is 0. The fourth-order valence-corrected chi connectivity index (χ4v) is 8.80. The highest BCUT2D eigenvalue weighted by molar-refractivity contribution is 5.30. The van der Waals surface area contributed by atoms with Crippen molar-refractivity contribution >= 4 is 0 Å². The molecule has 4 fully saturated rings. The zero-order chi connectivity index (χ0) is 23.4. The molecule has 186 valence electrons. The number of ether oxygens (including phenoxy) is 1. The van der Waals surface area contributed by atoms with Crippen molar-refractivity contribution in [2.45, 2.75) is 148 Å². The highest BCUT2D eigenvalue weighted by Crippen LogP contribution is 2.75. The van der Waals surface area contributed by atoms with Crippen molar-refractivity contribution in [3.05, 3.63) is 0 Å². The largest absolute Gasteiger partial charge is 0.393 e. The van der Waals surface area contributed by atoms with Gasteiger partial charge >= 0.3 is 0 Å². The predicted molar refractivity (Wildman–Crippen MR) is 128 cm³/mol. The molecular formula is C28H50O4. The first-order valence-electron chi connectivity index (χ1n) is 13.9. The van der Waals surface area contributed by atoms with Gasteiger partial charge in [-0.1, -0.05) is 73.1 Å². The van der Waals surface area contributed by atoms with Crippen molar-refractivity contribution in [2.75, 3.05) is 0 Å². The number of hydrogen-bond donors (Lipinski definition) is 3. The lowest BCUT2D eigenvalue weighted by molar-refractivity contribution is -0.221. The molecule has 0 bridgehead atoms. The molecule has 2 unspecified atom stereocenters. The number of fused-ring (bicyclic) bond motifs is 1. The van der Waals surface area contributed by atoms with E-state index in [1.165, 1.54) is 64.2 Å². The van der Waals surface area contributed by atoms with Crippen LogP contribution in [0.1, 0.15) is 118 Å². The van der Waals surface area contributed by atoms with Crippen LogP contribution in [0.4, 0.5) is 0 Å². The first kappa shape index (κ1) is 24.9. The number of aliphatic hydroxyl groups is 3. The van der Waals surface area contributed by atoms with Gasteiger partial charge in [-0.3, -0.25) is 0 Å². The van der Waals surface area contributed by atoms with Crippen molar-refractivity contribution in [3.8, 4) is 0 Å². The number of rotatable bonds is 10. The van der Waals surface area contributed by atoms with E-state index in [1.54, 1.807) is 0 Å². The van der Waals surface area contributed by atoms with E-state index >= 15 is 0 Å². The van der Waals surface area contributed by atoms with Gasteiger partial charge in [-0.2, -0.15) is 0 Å². The smallest absolute Gasteiger partial charge is 0.117 e. The maximum Gasteiger partial charge on any atom is 0.117 e. The number of hydrogen-bond acceptors (Lipinski definition) is 4. The van der Waals surface area contributed by atoms with Gasteiger partial charge in [0.1, 0.15) is 23.4 Å². The quantitative estimate of drug-likeness (QED) is 0.299. The third-order valence-corrected chi connectivity index (χ3v) is 11.0. The summed E-state index contributed by atoms with van der Waals surface area (Å²) in [5.74, 6) is 1.49. The molecule has 0 aromatic rings. The molecule has 0 aromatic heterocycles. The molecule has 32 heavy (non-hydrogen) atoms. The van der Waals surface area contributed by atoms with Crippen LogP contribution in [0.5, 0.6) is 0 Å². The molecule has 0 radical (unpaired) electrons. The lowest BCUT2D eigenvalue weighted by Crippen LogP contribution is -2.69. The van der Waals surface area contributed by atoms with Gasteiger partial charge in [-0.05, 0) is 61.7 Å². The zero-order valence-electron chi connectivity index (χ0n) is 21.4. The van der Waals surface area contributed by atoms with E-state index in [9.17, 15) is 15.3 Å². The molecule has 9 atom stereocenters. The second kappa shape index (κ2) is 8.81. The predicted octanol–water partition coefficient (Wildman–Crippen LogP) is 5.61. The van der Waals surface area contributed by atoms with Crippen molar-refractivity contribution in [1.82, 2.24) is 0 Å². The minimum Gasteiger partial charge on any atom is -0.393 e. The van der Waals surface area contributed by atoms with Crippen molar-refractivity contribution < 1.29 is 20.1 Å². The summed E-state index contributed by atoms with van der Waals surface area (Å²) < 4.78 is 6.53. The maximum absolute atomic E-state index is 11.8. The average molecular weight is 451 g/mol. The van der Waals surface area contributed by atoms with E-state index < -0.39 is 23.2 Å². The molecule has 1 aliphatic heterocycles. The summed E-state index contributed by atoms with van der Waals surface area (Å²) in [4.78, 5) is 0. The Morgan fingerprint density at radius 3 is 2.31 bits per heavy atom. The lowest BCUT2D eigenvalue weighted by atomic mass is 9.44. The Kier molecular flexibility index (Phi) is 6.87. The van der Waals surface area contributed by atoms with Gasteiger partial charge < -0.3 is 20.1 Å². The molecular weight excluding hydrogens is 400 g/mol. The van der Waals surface area contributed by atoms with Gasteiger partial charge in [-0.15, -0.1) is 0 Å². The van der Waals surface area contributed by atoms with Crippen LogP contribution in [-0.4, -0.2) is 44.8 Å². The van der Waals surface area contributed by atoms with Crippen molar-refractivity contribution in [3.63, 3.8) is 0 Å². The Balaban J connectivity index is 1.49. The fraction of sp³-hybridized carbons (Fsp3) is 1.00. The van der Waals surface area contributed by atoms with E-state index in [-0.39, 0.29) is 24.0 Å².